The maximum absolute atomic E-state index is 12.1. The van der Waals surface area contributed by atoms with Gasteiger partial charge < -0.3 is 14.8 Å². The maximum atomic E-state index is 12.1. The van der Waals surface area contributed by atoms with Crippen molar-refractivity contribution < 1.29 is 24.0 Å². The van der Waals surface area contributed by atoms with Gasteiger partial charge in [-0.15, -0.1) is 0 Å². The molecule has 1 N–H and O–H groups in total. The van der Waals surface area contributed by atoms with Crippen LogP contribution in [0.15, 0.2) is 48.5 Å². The topological polar surface area (TPSA) is 108 Å². The number of carbonyl (C=O) groups is 2. The minimum Gasteiger partial charge on any atom is -0.496 e. The molecule has 0 unspecified atom stereocenters. The molecule has 0 spiro atoms. The molecule has 26 heavy (non-hydrogen) atoms. The van der Waals surface area contributed by atoms with Crippen LogP contribution < -0.4 is 10.1 Å². The van der Waals surface area contributed by atoms with E-state index in [2.05, 4.69) is 5.32 Å². The standard InChI is InChI=1S/C18H18N2O6/c1-25-16-5-3-2-4-15(16)18(22)19-11-10-17(21)26-12-13-6-8-14(9-7-13)20(23)24/h2-9H,10-12H2,1H3,(H,19,22). The Morgan fingerprint density at radius 3 is 2.46 bits per heavy atom. The quantitative estimate of drug-likeness (QED) is 0.441. The average molecular weight is 358 g/mol. The molecule has 136 valence electrons. The second-order valence-electron chi connectivity index (χ2n) is 5.29. The molecule has 0 atom stereocenters. The van der Waals surface area contributed by atoms with Crippen LogP contribution in [0.25, 0.3) is 0 Å². The van der Waals surface area contributed by atoms with Crippen LogP contribution in [0.4, 0.5) is 5.69 Å². The van der Waals surface area contributed by atoms with E-state index in [1.807, 2.05) is 0 Å². The summed E-state index contributed by atoms with van der Waals surface area (Å²) in [6.07, 6.45) is 0.00781. The zero-order valence-electron chi connectivity index (χ0n) is 14.1. The molecule has 0 aliphatic rings. The fourth-order valence-electron chi connectivity index (χ4n) is 2.16. The van der Waals surface area contributed by atoms with Gasteiger partial charge in [-0.05, 0) is 29.8 Å². The van der Waals surface area contributed by atoms with Crippen LogP contribution in [-0.4, -0.2) is 30.5 Å². The normalized spacial score (nSPS) is 10.0. The molecule has 1 amide bonds. The summed E-state index contributed by atoms with van der Waals surface area (Å²) in [7, 11) is 1.47. The van der Waals surface area contributed by atoms with E-state index in [4.69, 9.17) is 9.47 Å². The van der Waals surface area contributed by atoms with E-state index in [1.54, 1.807) is 24.3 Å². The molecule has 0 bridgehead atoms. The number of methoxy groups -OCH3 is 1. The molecule has 2 aromatic rings. The first-order chi connectivity index (χ1) is 12.5. The fourth-order valence-corrected chi connectivity index (χ4v) is 2.16. The number of amides is 1. The first kappa shape index (κ1) is 18.9. The molecule has 0 aliphatic heterocycles. The van der Waals surface area contributed by atoms with Crippen LogP contribution in [0.2, 0.25) is 0 Å². The third-order valence-electron chi connectivity index (χ3n) is 3.51. The zero-order valence-corrected chi connectivity index (χ0v) is 14.1. The van der Waals surface area contributed by atoms with Gasteiger partial charge in [0.15, 0.2) is 0 Å². The monoisotopic (exact) mass is 358 g/mol. The Morgan fingerprint density at radius 2 is 1.81 bits per heavy atom. The third-order valence-corrected chi connectivity index (χ3v) is 3.51. The van der Waals surface area contributed by atoms with Gasteiger partial charge >= 0.3 is 5.97 Å². The van der Waals surface area contributed by atoms with Gasteiger partial charge in [0, 0.05) is 18.7 Å². The van der Waals surface area contributed by atoms with Crippen molar-refractivity contribution >= 4 is 17.6 Å². The van der Waals surface area contributed by atoms with E-state index in [1.165, 1.54) is 31.4 Å². The van der Waals surface area contributed by atoms with Crippen molar-refractivity contribution in [2.45, 2.75) is 13.0 Å². The zero-order chi connectivity index (χ0) is 18.9. The smallest absolute Gasteiger partial charge is 0.307 e. The highest BCUT2D eigenvalue weighted by Crippen LogP contribution is 2.16. The minimum atomic E-state index is -0.500. The summed E-state index contributed by atoms with van der Waals surface area (Å²) in [5.74, 6) is -0.375. The molecule has 2 aromatic carbocycles. The average Bonchev–Trinajstić information content (AvgIpc) is 2.66. The Labute approximate surface area is 149 Å². The highest BCUT2D eigenvalue weighted by atomic mass is 16.6. The summed E-state index contributed by atoms with van der Waals surface area (Å²) in [5.41, 5.74) is 0.996. The molecule has 2 rings (SSSR count). The van der Waals surface area contributed by atoms with E-state index >= 15 is 0 Å². The van der Waals surface area contributed by atoms with Gasteiger partial charge in [0.25, 0.3) is 11.6 Å². The first-order valence-corrected chi connectivity index (χ1v) is 7.81. The second-order valence-corrected chi connectivity index (χ2v) is 5.29. The molecule has 8 heteroatoms. The van der Waals surface area contributed by atoms with Gasteiger partial charge in [-0.1, -0.05) is 12.1 Å². The number of nitro groups is 1. The summed E-state index contributed by atoms with van der Waals surface area (Å²) in [6, 6.07) is 12.5. The van der Waals surface area contributed by atoms with Crippen LogP contribution in [0.1, 0.15) is 22.3 Å². The lowest BCUT2D eigenvalue weighted by Crippen LogP contribution is -2.26. The predicted octanol–water partition coefficient (Wildman–Crippen LogP) is 2.47. The molecule has 8 nitrogen and oxygen atoms in total. The van der Waals surface area contributed by atoms with E-state index in [0.717, 1.165) is 0 Å². The number of rotatable bonds is 8. The van der Waals surface area contributed by atoms with Gasteiger partial charge in [-0.25, -0.2) is 0 Å². The van der Waals surface area contributed by atoms with Gasteiger partial charge in [-0.3, -0.25) is 19.7 Å². The van der Waals surface area contributed by atoms with Crippen molar-refractivity contribution in [1.29, 1.82) is 0 Å². The van der Waals surface area contributed by atoms with E-state index < -0.39 is 10.9 Å². The van der Waals surface area contributed by atoms with E-state index in [-0.39, 0.29) is 31.2 Å². The molecule has 0 aromatic heterocycles. The molecule has 0 saturated carbocycles. The number of non-ortho nitro benzene ring substituents is 1. The van der Waals surface area contributed by atoms with Crippen LogP contribution in [-0.2, 0) is 16.1 Å². The number of nitrogens with one attached hydrogen (secondary N) is 1. The number of ether oxygens (including phenoxy) is 2. The van der Waals surface area contributed by atoms with Crippen LogP contribution >= 0.6 is 0 Å². The number of nitro benzene ring substituents is 1. The number of para-hydroxylation sites is 1. The Bertz CT molecular complexity index is 789. The summed E-state index contributed by atoms with van der Waals surface area (Å²) >= 11 is 0. The molecule has 0 saturated heterocycles. The van der Waals surface area contributed by atoms with E-state index in [9.17, 15) is 19.7 Å². The molecular formula is C18H18N2O6. The lowest BCUT2D eigenvalue weighted by Gasteiger charge is -2.09. The second kappa shape index (κ2) is 9.16. The van der Waals surface area contributed by atoms with Crippen LogP contribution in [0.5, 0.6) is 5.75 Å². The lowest BCUT2D eigenvalue weighted by molar-refractivity contribution is -0.384. The maximum Gasteiger partial charge on any atom is 0.307 e. The number of esters is 1. The van der Waals surface area contributed by atoms with Gasteiger partial charge in [-0.2, -0.15) is 0 Å². The highest BCUT2D eigenvalue weighted by Gasteiger charge is 2.12. The number of carbonyl (C=O) groups excluding carboxylic acids is 2. The van der Waals surface area contributed by atoms with Gasteiger partial charge in [0.1, 0.15) is 12.4 Å². The summed E-state index contributed by atoms with van der Waals surface area (Å²) in [5, 5.41) is 13.2. The predicted molar refractivity (Wildman–Crippen MR) is 92.8 cm³/mol. The number of benzene rings is 2. The van der Waals surface area contributed by atoms with Crippen LogP contribution in [0.3, 0.4) is 0 Å². The molecular weight excluding hydrogens is 340 g/mol. The Morgan fingerprint density at radius 1 is 1.12 bits per heavy atom. The summed E-state index contributed by atoms with van der Waals surface area (Å²) in [6.45, 7) is 0.132. The lowest BCUT2D eigenvalue weighted by atomic mass is 10.2. The van der Waals surface area contributed by atoms with Crippen molar-refractivity contribution in [2.75, 3.05) is 13.7 Å². The van der Waals surface area contributed by atoms with E-state index in [0.29, 0.717) is 16.9 Å². The van der Waals surface area contributed by atoms with Crippen molar-refractivity contribution in [2.24, 2.45) is 0 Å². The van der Waals surface area contributed by atoms with Crippen molar-refractivity contribution in [1.82, 2.24) is 5.32 Å². The summed E-state index contributed by atoms with van der Waals surface area (Å²) < 4.78 is 10.2. The fraction of sp³-hybridized carbons (Fsp3) is 0.222. The van der Waals surface area contributed by atoms with Gasteiger partial charge in [0.05, 0.1) is 24.0 Å². The SMILES string of the molecule is COc1ccccc1C(=O)NCCC(=O)OCc1ccc([N+](=O)[O-])cc1. The molecule has 0 radical (unpaired) electrons. The Kier molecular flexibility index (Phi) is 6.67. The van der Waals surface area contributed by atoms with Crippen molar-refractivity contribution in [3.05, 3.63) is 69.8 Å². The minimum absolute atomic E-state index is 0.00781. The molecule has 0 aliphatic carbocycles. The number of hydrogen-bond donors (Lipinski definition) is 1. The summed E-state index contributed by atoms with van der Waals surface area (Å²) in [4.78, 5) is 33.9. The molecule has 0 heterocycles. The Balaban J connectivity index is 1.75. The van der Waals surface area contributed by atoms with Gasteiger partial charge in [0.2, 0.25) is 0 Å². The first-order valence-electron chi connectivity index (χ1n) is 7.81. The largest absolute Gasteiger partial charge is 0.496 e. The van der Waals surface area contributed by atoms with Crippen LogP contribution in [0, 0.1) is 10.1 Å². The number of nitrogens with zero attached hydrogens (tertiary/aromatic N) is 1. The third kappa shape index (κ3) is 5.30. The Hall–Kier alpha value is -3.42. The van der Waals surface area contributed by atoms with Crippen molar-refractivity contribution in [3.63, 3.8) is 0 Å². The highest BCUT2D eigenvalue weighted by molar-refractivity contribution is 5.97. The van der Waals surface area contributed by atoms with Crippen molar-refractivity contribution in [3.8, 4) is 5.75 Å². The molecule has 0 fully saturated rings. The number of hydrogen-bond acceptors (Lipinski definition) is 6.